The van der Waals surface area contributed by atoms with Crippen LogP contribution in [0.3, 0.4) is 0 Å². The van der Waals surface area contributed by atoms with Crippen molar-refractivity contribution in [2.75, 3.05) is 38.7 Å². The first-order valence-electron chi connectivity index (χ1n) is 7.70. The third-order valence-electron chi connectivity index (χ3n) is 3.29. The van der Waals surface area contributed by atoms with Gasteiger partial charge in [0.25, 0.3) is 5.91 Å². The molecule has 0 saturated heterocycles. The Morgan fingerprint density at radius 1 is 0.957 bits per heavy atom. The fourth-order valence-corrected chi connectivity index (χ4v) is 2.13. The van der Waals surface area contributed by atoms with Crippen LogP contribution in [0.1, 0.15) is 10.4 Å². The van der Waals surface area contributed by atoms with E-state index in [1.807, 2.05) is 54.6 Å². The first-order chi connectivity index (χ1) is 11.3. The van der Waals surface area contributed by atoms with Crippen molar-refractivity contribution in [3.8, 4) is 0 Å². The minimum absolute atomic E-state index is 0.0856. The Labute approximate surface area is 137 Å². The molecule has 3 N–H and O–H groups in total. The topological polar surface area (TPSA) is 62.4 Å². The first kappa shape index (κ1) is 17.0. The molecule has 2 rings (SSSR count). The molecule has 23 heavy (non-hydrogen) atoms. The molecule has 0 aliphatic carbocycles. The van der Waals surface area contributed by atoms with Gasteiger partial charge in [0.2, 0.25) is 0 Å². The van der Waals surface area contributed by atoms with E-state index in [0.717, 1.165) is 17.9 Å². The Bertz CT molecular complexity index is 602. The van der Waals surface area contributed by atoms with Crippen molar-refractivity contribution in [3.05, 3.63) is 60.2 Å². The maximum Gasteiger partial charge on any atom is 0.253 e. The molecule has 5 nitrogen and oxygen atoms in total. The smallest absolute Gasteiger partial charge is 0.253 e. The molecule has 0 fully saturated rings. The van der Waals surface area contributed by atoms with Crippen LogP contribution < -0.4 is 16.0 Å². The molecule has 0 aliphatic rings. The lowest BCUT2D eigenvalue weighted by atomic mass is 10.1. The van der Waals surface area contributed by atoms with E-state index in [4.69, 9.17) is 4.74 Å². The van der Waals surface area contributed by atoms with E-state index in [9.17, 15) is 4.79 Å². The number of hydrogen-bond donors (Lipinski definition) is 3. The average Bonchev–Trinajstić information content (AvgIpc) is 2.59. The summed E-state index contributed by atoms with van der Waals surface area (Å²) in [6.45, 7) is 2.72. The number of hydrogen-bond acceptors (Lipinski definition) is 4. The summed E-state index contributed by atoms with van der Waals surface area (Å²) in [6.07, 6.45) is 0. The maximum atomic E-state index is 12.3. The van der Waals surface area contributed by atoms with E-state index >= 15 is 0 Å². The summed E-state index contributed by atoms with van der Waals surface area (Å²) in [5, 5.41) is 9.39. The lowest BCUT2D eigenvalue weighted by Gasteiger charge is -2.12. The molecule has 0 radical (unpaired) electrons. The molecule has 2 aromatic rings. The third-order valence-corrected chi connectivity index (χ3v) is 3.29. The summed E-state index contributed by atoms with van der Waals surface area (Å²) >= 11 is 0. The zero-order valence-electron chi connectivity index (χ0n) is 13.3. The van der Waals surface area contributed by atoms with Gasteiger partial charge in [0, 0.05) is 32.4 Å². The molecular formula is C18H23N3O2. The summed E-state index contributed by atoms with van der Waals surface area (Å²) in [4.78, 5) is 12.3. The predicted molar refractivity (Wildman–Crippen MR) is 93.2 cm³/mol. The van der Waals surface area contributed by atoms with Crippen molar-refractivity contribution in [3.63, 3.8) is 0 Å². The number of nitrogens with one attached hydrogen (secondary N) is 3. The van der Waals surface area contributed by atoms with Crippen molar-refractivity contribution >= 4 is 17.3 Å². The Morgan fingerprint density at radius 2 is 1.70 bits per heavy atom. The monoisotopic (exact) mass is 313 g/mol. The Balaban J connectivity index is 1.90. The van der Waals surface area contributed by atoms with E-state index in [1.165, 1.54) is 0 Å². The maximum absolute atomic E-state index is 12.3. The summed E-state index contributed by atoms with van der Waals surface area (Å²) in [5.41, 5.74) is 2.38. The number of benzene rings is 2. The molecule has 0 saturated carbocycles. The van der Waals surface area contributed by atoms with Crippen LogP contribution in [-0.4, -0.2) is 39.3 Å². The fourth-order valence-electron chi connectivity index (χ4n) is 2.13. The number of ether oxygens (including phenoxy) is 1. The third kappa shape index (κ3) is 5.73. The number of carbonyl (C=O) groups is 1. The van der Waals surface area contributed by atoms with Crippen molar-refractivity contribution in [1.82, 2.24) is 10.6 Å². The second-order valence-electron chi connectivity index (χ2n) is 5.04. The van der Waals surface area contributed by atoms with Gasteiger partial charge in [-0.2, -0.15) is 0 Å². The van der Waals surface area contributed by atoms with Crippen molar-refractivity contribution in [2.45, 2.75) is 0 Å². The normalized spacial score (nSPS) is 10.3. The minimum atomic E-state index is -0.0856. The predicted octanol–water partition coefficient (Wildman–Crippen LogP) is 2.40. The van der Waals surface area contributed by atoms with Crippen LogP contribution in [0.4, 0.5) is 11.4 Å². The Morgan fingerprint density at radius 3 is 2.48 bits per heavy atom. The number of anilines is 2. The molecule has 1 amide bonds. The van der Waals surface area contributed by atoms with Crippen LogP contribution in [0.5, 0.6) is 0 Å². The quantitative estimate of drug-likeness (QED) is 0.622. The van der Waals surface area contributed by atoms with E-state index in [2.05, 4.69) is 16.0 Å². The van der Waals surface area contributed by atoms with Crippen molar-refractivity contribution in [2.24, 2.45) is 0 Å². The average molecular weight is 313 g/mol. The van der Waals surface area contributed by atoms with E-state index in [1.54, 1.807) is 7.11 Å². The van der Waals surface area contributed by atoms with Crippen LogP contribution in [-0.2, 0) is 4.74 Å². The Hall–Kier alpha value is -2.37. The molecule has 0 spiro atoms. The molecule has 122 valence electrons. The summed E-state index contributed by atoms with van der Waals surface area (Å²) in [6, 6.07) is 17.3. The number of carbonyl (C=O) groups excluding carboxylic acids is 1. The highest BCUT2D eigenvalue weighted by atomic mass is 16.5. The fraction of sp³-hybridized carbons (Fsp3) is 0.278. The first-order valence-corrected chi connectivity index (χ1v) is 7.70. The van der Waals surface area contributed by atoms with E-state index in [-0.39, 0.29) is 5.91 Å². The van der Waals surface area contributed by atoms with Gasteiger partial charge in [-0.25, -0.2) is 0 Å². The lowest BCUT2D eigenvalue weighted by molar-refractivity contribution is 0.0954. The van der Waals surface area contributed by atoms with Crippen LogP contribution in [0.2, 0.25) is 0 Å². The number of methoxy groups -OCH3 is 1. The van der Waals surface area contributed by atoms with Gasteiger partial charge < -0.3 is 20.7 Å². The van der Waals surface area contributed by atoms with Gasteiger partial charge in [-0.3, -0.25) is 4.79 Å². The van der Waals surface area contributed by atoms with Crippen molar-refractivity contribution < 1.29 is 9.53 Å². The molecule has 0 heterocycles. The molecule has 0 aliphatic heterocycles. The number of rotatable bonds is 9. The summed E-state index contributed by atoms with van der Waals surface area (Å²) in [5.74, 6) is -0.0856. The molecule has 2 aromatic carbocycles. The molecule has 0 unspecified atom stereocenters. The highest BCUT2D eigenvalue weighted by molar-refractivity contribution is 6.00. The van der Waals surface area contributed by atoms with Gasteiger partial charge in [-0.15, -0.1) is 0 Å². The zero-order valence-corrected chi connectivity index (χ0v) is 13.3. The van der Waals surface area contributed by atoms with Gasteiger partial charge >= 0.3 is 0 Å². The number of amides is 1. The molecular weight excluding hydrogens is 290 g/mol. The van der Waals surface area contributed by atoms with Gasteiger partial charge in [0.1, 0.15) is 0 Å². The Kier molecular flexibility index (Phi) is 7.10. The highest BCUT2D eigenvalue weighted by Gasteiger charge is 2.10. The highest BCUT2D eigenvalue weighted by Crippen LogP contribution is 2.20. The van der Waals surface area contributed by atoms with Gasteiger partial charge in [-0.05, 0) is 24.3 Å². The lowest BCUT2D eigenvalue weighted by Crippen LogP contribution is -2.33. The van der Waals surface area contributed by atoms with E-state index in [0.29, 0.717) is 25.3 Å². The zero-order chi connectivity index (χ0) is 16.3. The summed E-state index contributed by atoms with van der Waals surface area (Å²) in [7, 11) is 1.67. The van der Waals surface area contributed by atoms with Crippen LogP contribution in [0.15, 0.2) is 54.6 Å². The second kappa shape index (κ2) is 9.61. The van der Waals surface area contributed by atoms with Crippen LogP contribution in [0, 0.1) is 0 Å². The molecule has 5 heteroatoms. The molecule has 0 bridgehead atoms. The largest absolute Gasteiger partial charge is 0.383 e. The van der Waals surface area contributed by atoms with Crippen LogP contribution in [0.25, 0.3) is 0 Å². The van der Waals surface area contributed by atoms with Crippen LogP contribution >= 0.6 is 0 Å². The standard InChI is InChI=1S/C18H23N3O2/c1-23-14-13-19-11-12-20-18(22)16-9-5-6-10-17(16)21-15-7-3-2-4-8-15/h2-10,19,21H,11-14H2,1H3,(H,20,22). The van der Waals surface area contributed by atoms with Gasteiger partial charge in [0.15, 0.2) is 0 Å². The minimum Gasteiger partial charge on any atom is -0.383 e. The molecule has 0 atom stereocenters. The molecule has 0 aromatic heterocycles. The van der Waals surface area contributed by atoms with E-state index < -0.39 is 0 Å². The summed E-state index contributed by atoms with van der Waals surface area (Å²) < 4.78 is 4.95. The van der Waals surface area contributed by atoms with Gasteiger partial charge in [-0.1, -0.05) is 30.3 Å². The van der Waals surface area contributed by atoms with Gasteiger partial charge in [0.05, 0.1) is 17.9 Å². The number of para-hydroxylation sites is 2. The SMILES string of the molecule is COCCNCCNC(=O)c1ccccc1Nc1ccccc1. The van der Waals surface area contributed by atoms with Crippen molar-refractivity contribution in [1.29, 1.82) is 0 Å². The second-order valence-corrected chi connectivity index (χ2v) is 5.04.